The third-order valence-electron chi connectivity index (χ3n) is 4.59. The van der Waals surface area contributed by atoms with Crippen LogP contribution in [0.3, 0.4) is 0 Å². The fourth-order valence-corrected chi connectivity index (χ4v) is 4.88. The predicted octanol–water partition coefficient (Wildman–Crippen LogP) is 2.52. The van der Waals surface area contributed by atoms with Gasteiger partial charge in [-0.05, 0) is 23.6 Å². The minimum absolute atomic E-state index is 0.0648. The van der Waals surface area contributed by atoms with Gasteiger partial charge in [-0.2, -0.15) is 0 Å². The number of thiophene rings is 1. The molecule has 0 unspecified atom stereocenters. The Morgan fingerprint density at radius 1 is 1.17 bits per heavy atom. The molecule has 0 aliphatic carbocycles. The standard InChI is InChI=1S/C18H15N7O2S2/c1-23-16(26)15-12(7-8-28-15)25-14(20-21-17(23)25)9-29-18-22-19-10-24(18)11-5-3-4-6-13(11)27-2/h3-8,10H,9H2,1-2H3. The lowest BCUT2D eigenvalue weighted by atomic mass is 10.3. The van der Waals surface area contributed by atoms with E-state index in [0.717, 1.165) is 22.8 Å². The summed E-state index contributed by atoms with van der Waals surface area (Å²) >= 11 is 2.91. The Hall–Kier alpha value is -3.18. The zero-order valence-corrected chi connectivity index (χ0v) is 17.1. The summed E-state index contributed by atoms with van der Waals surface area (Å²) in [6.07, 6.45) is 1.66. The maximum Gasteiger partial charge on any atom is 0.272 e. The minimum atomic E-state index is -0.0648. The molecule has 5 rings (SSSR count). The van der Waals surface area contributed by atoms with Gasteiger partial charge in [-0.15, -0.1) is 31.7 Å². The summed E-state index contributed by atoms with van der Waals surface area (Å²) in [6, 6.07) is 9.61. The van der Waals surface area contributed by atoms with E-state index in [0.29, 0.717) is 21.4 Å². The first kappa shape index (κ1) is 17.9. The van der Waals surface area contributed by atoms with Crippen molar-refractivity contribution < 1.29 is 4.74 Å². The van der Waals surface area contributed by atoms with Gasteiger partial charge in [0, 0.05) is 7.05 Å². The second kappa shape index (κ2) is 7.01. The topological polar surface area (TPSA) is 92.1 Å². The molecule has 1 aromatic carbocycles. The Bertz CT molecular complexity index is 1400. The van der Waals surface area contributed by atoms with Crippen molar-refractivity contribution in [1.82, 2.24) is 33.9 Å². The van der Waals surface area contributed by atoms with E-state index in [1.54, 1.807) is 20.5 Å². The van der Waals surface area contributed by atoms with Crippen LogP contribution >= 0.6 is 23.1 Å². The third kappa shape index (κ3) is 2.81. The lowest BCUT2D eigenvalue weighted by molar-refractivity contribution is 0.412. The lowest BCUT2D eigenvalue weighted by Crippen LogP contribution is -2.19. The molecule has 0 amide bonds. The van der Waals surface area contributed by atoms with Crippen molar-refractivity contribution in [3.8, 4) is 11.4 Å². The van der Waals surface area contributed by atoms with Gasteiger partial charge >= 0.3 is 0 Å². The number of rotatable bonds is 5. The van der Waals surface area contributed by atoms with Gasteiger partial charge in [0.25, 0.3) is 5.56 Å². The van der Waals surface area contributed by atoms with E-state index in [-0.39, 0.29) is 5.56 Å². The van der Waals surface area contributed by atoms with Crippen LogP contribution in [0.4, 0.5) is 0 Å². The zero-order chi connectivity index (χ0) is 20.0. The van der Waals surface area contributed by atoms with Crippen molar-refractivity contribution in [2.45, 2.75) is 10.9 Å². The number of aryl methyl sites for hydroxylation is 1. The van der Waals surface area contributed by atoms with Gasteiger partial charge in [0.15, 0.2) is 5.16 Å². The van der Waals surface area contributed by atoms with Gasteiger partial charge in [0.05, 0.1) is 24.1 Å². The molecule has 0 saturated heterocycles. The summed E-state index contributed by atoms with van der Waals surface area (Å²) < 4.78 is 11.5. The molecule has 0 atom stereocenters. The Morgan fingerprint density at radius 2 is 2.03 bits per heavy atom. The quantitative estimate of drug-likeness (QED) is 0.400. The third-order valence-corrected chi connectivity index (χ3v) is 6.42. The highest BCUT2D eigenvalue weighted by atomic mass is 32.2. The molecule has 146 valence electrons. The van der Waals surface area contributed by atoms with Crippen molar-refractivity contribution in [2.24, 2.45) is 7.05 Å². The number of hydrogen-bond donors (Lipinski definition) is 0. The lowest BCUT2D eigenvalue weighted by Gasteiger charge is -2.10. The van der Waals surface area contributed by atoms with Crippen molar-refractivity contribution in [2.75, 3.05) is 7.11 Å². The van der Waals surface area contributed by atoms with E-state index in [4.69, 9.17) is 4.74 Å². The summed E-state index contributed by atoms with van der Waals surface area (Å²) in [5.74, 6) is 2.50. The molecule has 9 nitrogen and oxygen atoms in total. The largest absolute Gasteiger partial charge is 0.495 e. The zero-order valence-electron chi connectivity index (χ0n) is 15.5. The number of fused-ring (bicyclic) bond motifs is 3. The van der Waals surface area contributed by atoms with Crippen LogP contribution in [0.5, 0.6) is 5.75 Å². The van der Waals surface area contributed by atoms with Crippen molar-refractivity contribution in [3.05, 3.63) is 58.2 Å². The van der Waals surface area contributed by atoms with E-state index < -0.39 is 0 Å². The van der Waals surface area contributed by atoms with Crippen molar-refractivity contribution in [1.29, 1.82) is 0 Å². The number of aromatic nitrogens is 7. The van der Waals surface area contributed by atoms with Gasteiger partial charge in [-0.3, -0.25) is 18.3 Å². The number of hydrogen-bond acceptors (Lipinski definition) is 8. The van der Waals surface area contributed by atoms with Crippen molar-refractivity contribution in [3.63, 3.8) is 0 Å². The summed E-state index contributed by atoms with van der Waals surface area (Å²) in [7, 11) is 3.34. The van der Waals surface area contributed by atoms with Gasteiger partial charge in [-0.1, -0.05) is 23.9 Å². The minimum Gasteiger partial charge on any atom is -0.495 e. The molecule has 4 aromatic heterocycles. The second-order valence-corrected chi connectivity index (χ2v) is 8.05. The molecular formula is C18H15N7O2S2. The van der Waals surface area contributed by atoms with Crippen LogP contribution in [0, 0.1) is 0 Å². The molecule has 5 aromatic rings. The number of methoxy groups -OCH3 is 1. The van der Waals surface area contributed by atoms with E-state index >= 15 is 0 Å². The number of thioether (sulfide) groups is 1. The first-order valence-corrected chi connectivity index (χ1v) is 10.5. The van der Waals surface area contributed by atoms with E-state index in [1.807, 2.05) is 44.7 Å². The summed E-state index contributed by atoms with van der Waals surface area (Å²) in [4.78, 5) is 12.5. The molecule has 0 radical (unpaired) electrons. The predicted molar refractivity (Wildman–Crippen MR) is 111 cm³/mol. The van der Waals surface area contributed by atoms with Crippen LogP contribution < -0.4 is 10.3 Å². The average molecular weight is 425 g/mol. The molecule has 0 saturated carbocycles. The van der Waals surface area contributed by atoms with E-state index in [1.165, 1.54) is 27.7 Å². The Balaban J connectivity index is 1.53. The van der Waals surface area contributed by atoms with E-state index in [2.05, 4.69) is 20.4 Å². The smallest absolute Gasteiger partial charge is 0.272 e. The van der Waals surface area contributed by atoms with Gasteiger partial charge in [-0.25, -0.2) is 0 Å². The molecule has 0 fully saturated rings. The highest BCUT2D eigenvalue weighted by Gasteiger charge is 2.17. The van der Waals surface area contributed by atoms with Gasteiger partial charge < -0.3 is 4.74 Å². The molecule has 0 bridgehead atoms. The molecular weight excluding hydrogens is 410 g/mol. The van der Waals surface area contributed by atoms with Crippen LogP contribution in [0.25, 0.3) is 21.7 Å². The van der Waals surface area contributed by atoms with Crippen LogP contribution in [0.1, 0.15) is 5.82 Å². The fourth-order valence-electron chi connectivity index (χ4n) is 3.19. The van der Waals surface area contributed by atoms with Crippen LogP contribution in [0.15, 0.2) is 52.0 Å². The Kier molecular flexibility index (Phi) is 4.32. The molecule has 0 aliphatic rings. The Labute approximate surface area is 172 Å². The highest BCUT2D eigenvalue weighted by Crippen LogP contribution is 2.28. The summed E-state index contributed by atoms with van der Waals surface area (Å²) in [5, 5.41) is 19.4. The molecule has 0 N–H and O–H groups in total. The number of ether oxygens (including phenoxy) is 1. The van der Waals surface area contributed by atoms with Crippen molar-refractivity contribution >= 4 is 39.1 Å². The first-order chi connectivity index (χ1) is 14.2. The molecule has 0 spiro atoms. The number of nitrogens with zero attached hydrogens (tertiary/aromatic N) is 7. The first-order valence-electron chi connectivity index (χ1n) is 8.65. The normalized spacial score (nSPS) is 11.5. The summed E-state index contributed by atoms with van der Waals surface area (Å²) in [5.41, 5.74) is 1.61. The maximum absolute atomic E-state index is 12.5. The number of para-hydroxylation sites is 2. The monoisotopic (exact) mass is 425 g/mol. The Morgan fingerprint density at radius 3 is 2.90 bits per heavy atom. The van der Waals surface area contributed by atoms with Crippen LogP contribution in [-0.4, -0.2) is 41.0 Å². The molecule has 29 heavy (non-hydrogen) atoms. The molecule has 4 heterocycles. The number of benzene rings is 1. The average Bonchev–Trinajstić information content (AvgIpc) is 3.49. The SMILES string of the molecule is COc1ccccc1-n1cnnc1SCc1nnc2n(C)c(=O)c3sccc3n12. The second-order valence-electron chi connectivity index (χ2n) is 6.19. The van der Waals surface area contributed by atoms with Gasteiger partial charge in [0.1, 0.15) is 22.6 Å². The fraction of sp³-hybridized carbons (Fsp3) is 0.167. The molecule has 11 heteroatoms. The maximum atomic E-state index is 12.5. The van der Waals surface area contributed by atoms with E-state index in [9.17, 15) is 4.79 Å². The summed E-state index contributed by atoms with van der Waals surface area (Å²) in [6.45, 7) is 0. The highest BCUT2D eigenvalue weighted by molar-refractivity contribution is 7.98. The van der Waals surface area contributed by atoms with Crippen LogP contribution in [0.2, 0.25) is 0 Å². The molecule has 0 aliphatic heterocycles. The van der Waals surface area contributed by atoms with Crippen LogP contribution in [-0.2, 0) is 12.8 Å². The van der Waals surface area contributed by atoms with Gasteiger partial charge in [0.2, 0.25) is 5.78 Å².